The Morgan fingerprint density at radius 1 is 1.17 bits per heavy atom. The summed E-state index contributed by atoms with van der Waals surface area (Å²) in [6.07, 6.45) is 1.74. The monoisotopic (exact) mass is 328 g/mol. The molecule has 2 N–H and O–H groups in total. The summed E-state index contributed by atoms with van der Waals surface area (Å²) >= 11 is 0. The first-order valence-corrected chi connectivity index (χ1v) is 8.13. The van der Waals surface area contributed by atoms with E-state index >= 15 is 0 Å². The summed E-state index contributed by atoms with van der Waals surface area (Å²) in [5.41, 5.74) is 1.60. The van der Waals surface area contributed by atoms with Crippen LogP contribution in [-0.4, -0.2) is 36.1 Å². The number of amides is 1. The molecule has 0 unspecified atom stereocenters. The van der Waals surface area contributed by atoms with Gasteiger partial charge >= 0.3 is 0 Å². The first-order valence-electron chi connectivity index (χ1n) is 8.13. The summed E-state index contributed by atoms with van der Waals surface area (Å²) in [6.45, 7) is 5.16. The van der Waals surface area contributed by atoms with E-state index in [0.29, 0.717) is 23.9 Å². The van der Waals surface area contributed by atoms with Gasteiger partial charge in [-0.25, -0.2) is 9.97 Å². The number of ether oxygens (including phenoxy) is 1. The van der Waals surface area contributed by atoms with E-state index < -0.39 is 0 Å². The molecule has 0 saturated carbocycles. The quantitative estimate of drug-likeness (QED) is 0.779. The van der Waals surface area contributed by atoms with Crippen LogP contribution in [0.3, 0.4) is 0 Å². The fourth-order valence-corrected chi connectivity index (χ4v) is 2.23. The highest BCUT2D eigenvalue weighted by Gasteiger charge is 2.09. The van der Waals surface area contributed by atoms with E-state index in [1.807, 2.05) is 31.2 Å². The standard InChI is InChI=1S/C18H24N4O2/c1-4-10-20-18(23)16-12-17(22-13(2)21-16)19-11-9-14-5-7-15(24-3)8-6-14/h5-8,12H,4,9-11H2,1-3H3,(H,20,23)(H,19,21,22). The molecule has 128 valence electrons. The van der Waals surface area contributed by atoms with Gasteiger partial charge < -0.3 is 15.4 Å². The predicted molar refractivity (Wildman–Crippen MR) is 94.6 cm³/mol. The van der Waals surface area contributed by atoms with E-state index in [-0.39, 0.29) is 5.91 Å². The molecule has 0 aliphatic rings. The third kappa shape index (κ3) is 5.22. The third-order valence-electron chi connectivity index (χ3n) is 3.48. The highest BCUT2D eigenvalue weighted by atomic mass is 16.5. The summed E-state index contributed by atoms with van der Waals surface area (Å²) < 4.78 is 5.15. The molecule has 2 aromatic rings. The number of carbonyl (C=O) groups is 1. The van der Waals surface area contributed by atoms with Gasteiger partial charge in [-0.2, -0.15) is 0 Å². The molecule has 0 aliphatic heterocycles. The van der Waals surface area contributed by atoms with Gasteiger partial charge in [0.05, 0.1) is 7.11 Å². The molecule has 1 amide bonds. The van der Waals surface area contributed by atoms with Gasteiger partial charge in [0, 0.05) is 19.2 Å². The smallest absolute Gasteiger partial charge is 0.270 e. The van der Waals surface area contributed by atoms with Crippen LogP contribution >= 0.6 is 0 Å². The lowest BCUT2D eigenvalue weighted by Crippen LogP contribution is -2.25. The first kappa shape index (κ1) is 17.7. The van der Waals surface area contributed by atoms with E-state index in [1.54, 1.807) is 20.1 Å². The molecular formula is C18H24N4O2. The zero-order chi connectivity index (χ0) is 17.4. The maximum atomic E-state index is 12.0. The summed E-state index contributed by atoms with van der Waals surface area (Å²) in [5, 5.41) is 6.08. The van der Waals surface area contributed by atoms with Crippen LogP contribution in [0.5, 0.6) is 5.75 Å². The zero-order valence-electron chi connectivity index (χ0n) is 14.4. The van der Waals surface area contributed by atoms with Crippen molar-refractivity contribution in [3.05, 3.63) is 47.4 Å². The fraction of sp³-hybridized carbons (Fsp3) is 0.389. The molecular weight excluding hydrogens is 304 g/mol. The van der Waals surface area contributed by atoms with Crippen molar-refractivity contribution in [1.29, 1.82) is 0 Å². The molecule has 0 fully saturated rings. The van der Waals surface area contributed by atoms with Crippen molar-refractivity contribution in [2.75, 3.05) is 25.5 Å². The van der Waals surface area contributed by atoms with Crippen molar-refractivity contribution in [1.82, 2.24) is 15.3 Å². The van der Waals surface area contributed by atoms with Gasteiger partial charge in [-0.15, -0.1) is 0 Å². The van der Waals surface area contributed by atoms with Gasteiger partial charge in [-0.1, -0.05) is 19.1 Å². The third-order valence-corrected chi connectivity index (χ3v) is 3.48. The Bertz CT molecular complexity index is 671. The molecule has 1 aromatic heterocycles. The van der Waals surface area contributed by atoms with Crippen LogP contribution in [0.1, 0.15) is 35.2 Å². The van der Waals surface area contributed by atoms with E-state index in [9.17, 15) is 4.79 Å². The summed E-state index contributed by atoms with van der Waals surface area (Å²) in [6, 6.07) is 9.65. The lowest BCUT2D eigenvalue weighted by Gasteiger charge is -2.09. The van der Waals surface area contributed by atoms with Crippen LogP contribution in [-0.2, 0) is 6.42 Å². The Hall–Kier alpha value is -2.63. The zero-order valence-corrected chi connectivity index (χ0v) is 14.4. The van der Waals surface area contributed by atoms with Crippen molar-refractivity contribution in [2.24, 2.45) is 0 Å². The molecule has 0 atom stereocenters. The number of benzene rings is 1. The number of aromatic nitrogens is 2. The molecule has 24 heavy (non-hydrogen) atoms. The number of carbonyl (C=O) groups excluding carboxylic acids is 1. The first-order chi connectivity index (χ1) is 11.6. The number of rotatable bonds is 8. The molecule has 6 nitrogen and oxygen atoms in total. The number of aryl methyl sites for hydroxylation is 1. The van der Waals surface area contributed by atoms with Crippen molar-refractivity contribution < 1.29 is 9.53 Å². The second-order valence-corrected chi connectivity index (χ2v) is 5.47. The minimum Gasteiger partial charge on any atom is -0.497 e. The molecule has 0 aliphatic carbocycles. The number of nitrogens with zero attached hydrogens (tertiary/aromatic N) is 2. The van der Waals surface area contributed by atoms with Crippen LogP contribution in [0, 0.1) is 6.92 Å². The molecule has 0 radical (unpaired) electrons. The largest absolute Gasteiger partial charge is 0.497 e. The molecule has 1 heterocycles. The summed E-state index contributed by atoms with van der Waals surface area (Å²) in [4.78, 5) is 20.6. The fourth-order valence-electron chi connectivity index (χ4n) is 2.23. The number of hydrogen-bond acceptors (Lipinski definition) is 5. The van der Waals surface area contributed by atoms with Crippen molar-refractivity contribution in [3.8, 4) is 5.75 Å². The van der Waals surface area contributed by atoms with Gasteiger partial charge in [-0.05, 0) is 37.5 Å². The SMILES string of the molecule is CCCNC(=O)c1cc(NCCc2ccc(OC)cc2)nc(C)n1. The number of nitrogens with one attached hydrogen (secondary N) is 2. The average Bonchev–Trinajstić information content (AvgIpc) is 2.59. The average molecular weight is 328 g/mol. The van der Waals surface area contributed by atoms with Gasteiger partial charge in [0.1, 0.15) is 23.1 Å². The molecule has 6 heteroatoms. The number of anilines is 1. The van der Waals surface area contributed by atoms with Gasteiger partial charge in [-0.3, -0.25) is 4.79 Å². The maximum Gasteiger partial charge on any atom is 0.270 e. The van der Waals surface area contributed by atoms with Gasteiger partial charge in [0.2, 0.25) is 0 Å². The second-order valence-electron chi connectivity index (χ2n) is 5.47. The Balaban J connectivity index is 1.93. The van der Waals surface area contributed by atoms with Gasteiger partial charge in [0.15, 0.2) is 0 Å². The highest BCUT2D eigenvalue weighted by Crippen LogP contribution is 2.12. The minimum absolute atomic E-state index is 0.166. The Morgan fingerprint density at radius 2 is 1.92 bits per heavy atom. The lowest BCUT2D eigenvalue weighted by molar-refractivity contribution is 0.0948. The van der Waals surface area contributed by atoms with E-state index in [1.165, 1.54) is 5.56 Å². The van der Waals surface area contributed by atoms with Crippen molar-refractivity contribution in [2.45, 2.75) is 26.7 Å². The molecule has 0 bridgehead atoms. The molecule has 0 saturated heterocycles. The highest BCUT2D eigenvalue weighted by molar-refractivity contribution is 5.92. The molecule has 0 spiro atoms. The Labute approximate surface area is 142 Å². The van der Waals surface area contributed by atoms with E-state index in [4.69, 9.17) is 4.74 Å². The van der Waals surface area contributed by atoms with Crippen LogP contribution < -0.4 is 15.4 Å². The van der Waals surface area contributed by atoms with Crippen LogP contribution in [0.25, 0.3) is 0 Å². The predicted octanol–water partition coefficient (Wildman–Crippen LogP) is 2.59. The van der Waals surface area contributed by atoms with E-state index in [2.05, 4.69) is 20.6 Å². The van der Waals surface area contributed by atoms with Crippen LogP contribution in [0.4, 0.5) is 5.82 Å². The second kappa shape index (κ2) is 8.86. The lowest BCUT2D eigenvalue weighted by atomic mass is 10.1. The van der Waals surface area contributed by atoms with Crippen molar-refractivity contribution >= 4 is 11.7 Å². The maximum absolute atomic E-state index is 12.0. The Morgan fingerprint density at radius 3 is 2.58 bits per heavy atom. The Kier molecular flexibility index (Phi) is 6.54. The topological polar surface area (TPSA) is 76.1 Å². The van der Waals surface area contributed by atoms with Gasteiger partial charge in [0.25, 0.3) is 5.91 Å². The summed E-state index contributed by atoms with van der Waals surface area (Å²) in [7, 11) is 1.66. The van der Waals surface area contributed by atoms with E-state index in [0.717, 1.165) is 25.1 Å². The minimum atomic E-state index is -0.166. The van der Waals surface area contributed by atoms with Crippen molar-refractivity contribution in [3.63, 3.8) is 0 Å². The normalized spacial score (nSPS) is 10.3. The summed E-state index contributed by atoms with van der Waals surface area (Å²) in [5.74, 6) is 1.92. The van der Waals surface area contributed by atoms with Crippen LogP contribution in [0.2, 0.25) is 0 Å². The number of hydrogen-bond donors (Lipinski definition) is 2. The number of methoxy groups -OCH3 is 1. The molecule has 1 aromatic carbocycles. The molecule has 2 rings (SSSR count). The van der Waals surface area contributed by atoms with Crippen LogP contribution in [0.15, 0.2) is 30.3 Å².